The summed E-state index contributed by atoms with van der Waals surface area (Å²) in [5.74, 6) is -1.39. The summed E-state index contributed by atoms with van der Waals surface area (Å²) < 4.78 is 26.1. The van der Waals surface area contributed by atoms with E-state index in [4.69, 9.17) is 0 Å². The monoisotopic (exact) mass is 262 g/mol. The lowest BCUT2D eigenvalue weighted by molar-refractivity contribution is -0.115. The molecule has 0 saturated heterocycles. The number of aromatic nitrogens is 1. The third kappa shape index (κ3) is 3.58. The van der Waals surface area contributed by atoms with Crippen molar-refractivity contribution in [3.05, 3.63) is 59.3 Å². The highest BCUT2D eigenvalue weighted by molar-refractivity contribution is 5.91. The molecule has 2 rings (SSSR count). The van der Waals surface area contributed by atoms with Crippen LogP contribution in [-0.2, 0) is 11.2 Å². The Kier molecular flexibility index (Phi) is 3.85. The van der Waals surface area contributed by atoms with Crippen LogP contribution in [0.4, 0.5) is 14.6 Å². The zero-order chi connectivity index (χ0) is 13.8. The van der Waals surface area contributed by atoms with Crippen molar-refractivity contribution in [1.29, 1.82) is 0 Å². The smallest absolute Gasteiger partial charge is 0.230 e. The quantitative estimate of drug-likeness (QED) is 0.924. The molecular formula is C14H12F2N2O. The molecule has 1 heterocycles. The highest BCUT2D eigenvalue weighted by Crippen LogP contribution is 2.11. The van der Waals surface area contributed by atoms with Crippen LogP contribution in [0.25, 0.3) is 0 Å². The maximum absolute atomic E-state index is 13.4. The third-order valence-corrected chi connectivity index (χ3v) is 2.54. The van der Waals surface area contributed by atoms with Crippen molar-refractivity contribution < 1.29 is 13.6 Å². The number of nitrogens with one attached hydrogen (secondary N) is 1. The van der Waals surface area contributed by atoms with Crippen molar-refractivity contribution >= 4 is 11.7 Å². The van der Waals surface area contributed by atoms with Gasteiger partial charge in [0.25, 0.3) is 0 Å². The van der Waals surface area contributed by atoms with Crippen molar-refractivity contribution in [2.24, 2.45) is 0 Å². The molecule has 1 aromatic heterocycles. The molecule has 0 saturated carbocycles. The fraction of sp³-hybridized carbons (Fsp3) is 0.143. The number of aryl methyl sites for hydroxylation is 1. The second-order valence-corrected chi connectivity index (χ2v) is 4.18. The molecular weight excluding hydrogens is 250 g/mol. The topological polar surface area (TPSA) is 42.0 Å². The van der Waals surface area contributed by atoms with E-state index in [1.54, 1.807) is 18.3 Å². The van der Waals surface area contributed by atoms with E-state index in [-0.39, 0.29) is 12.0 Å². The van der Waals surface area contributed by atoms with Gasteiger partial charge in [0, 0.05) is 12.3 Å². The van der Waals surface area contributed by atoms with Gasteiger partial charge in [-0.15, -0.1) is 0 Å². The lowest BCUT2D eigenvalue weighted by Crippen LogP contribution is -2.16. The molecule has 0 aliphatic rings. The highest BCUT2D eigenvalue weighted by atomic mass is 19.1. The van der Waals surface area contributed by atoms with Crippen LogP contribution in [0.2, 0.25) is 0 Å². The molecule has 0 bridgehead atoms. The van der Waals surface area contributed by atoms with E-state index in [2.05, 4.69) is 10.3 Å². The summed E-state index contributed by atoms with van der Waals surface area (Å²) in [5.41, 5.74) is 1.12. The molecule has 0 unspecified atom stereocenters. The van der Waals surface area contributed by atoms with Crippen molar-refractivity contribution in [3.63, 3.8) is 0 Å². The molecule has 1 amide bonds. The summed E-state index contributed by atoms with van der Waals surface area (Å²) in [6, 6.07) is 6.60. The van der Waals surface area contributed by atoms with Gasteiger partial charge in [-0.2, -0.15) is 0 Å². The first-order chi connectivity index (χ1) is 9.04. The first-order valence-corrected chi connectivity index (χ1v) is 5.71. The van der Waals surface area contributed by atoms with E-state index in [1.165, 1.54) is 6.07 Å². The number of hydrogen-bond acceptors (Lipinski definition) is 2. The summed E-state index contributed by atoms with van der Waals surface area (Å²) in [4.78, 5) is 15.7. The van der Waals surface area contributed by atoms with E-state index in [9.17, 15) is 13.6 Å². The highest BCUT2D eigenvalue weighted by Gasteiger charge is 2.09. The van der Waals surface area contributed by atoms with Gasteiger partial charge in [0.05, 0.1) is 6.42 Å². The number of carbonyl (C=O) groups excluding carboxylic acids is 1. The zero-order valence-corrected chi connectivity index (χ0v) is 10.3. The summed E-state index contributed by atoms with van der Waals surface area (Å²) >= 11 is 0. The van der Waals surface area contributed by atoms with Crippen molar-refractivity contribution in [3.8, 4) is 0 Å². The lowest BCUT2D eigenvalue weighted by Gasteiger charge is -2.05. The predicted molar refractivity (Wildman–Crippen MR) is 67.7 cm³/mol. The zero-order valence-electron chi connectivity index (χ0n) is 10.3. The van der Waals surface area contributed by atoms with Crippen LogP contribution in [0.1, 0.15) is 11.1 Å². The minimum atomic E-state index is -0.730. The van der Waals surface area contributed by atoms with Gasteiger partial charge in [0.2, 0.25) is 5.91 Å². The van der Waals surface area contributed by atoms with Gasteiger partial charge in [0.15, 0.2) is 0 Å². The van der Waals surface area contributed by atoms with Crippen LogP contribution >= 0.6 is 0 Å². The Hall–Kier alpha value is -2.30. The van der Waals surface area contributed by atoms with Crippen molar-refractivity contribution in [1.82, 2.24) is 4.98 Å². The SMILES string of the molecule is Cc1ccc(NC(=O)Cc2ccc(F)cc2F)nc1. The maximum atomic E-state index is 13.4. The minimum Gasteiger partial charge on any atom is -0.310 e. The summed E-state index contributed by atoms with van der Waals surface area (Å²) in [5, 5.41) is 2.55. The van der Waals surface area contributed by atoms with Crippen LogP contribution < -0.4 is 5.32 Å². The first kappa shape index (κ1) is 13.1. The Morgan fingerprint density at radius 3 is 2.68 bits per heavy atom. The van der Waals surface area contributed by atoms with Crippen molar-refractivity contribution in [2.75, 3.05) is 5.32 Å². The standard InChI is InChI=1S/C14H12F2N2O/c1-9-2-5-13(17-8-9)18-14(19)6-10-3-4-11(15)7-12(10)16/h2-5,7-8H,6H2,1H3,(H,17,18,19). The molecule has 98 valence electrons. The minimum absolute atomic E-state index is 0.144. The predicted octanol–water partition coefficient (Wildman–Crippen LogP) is 2.85. The fourth-order valence-corrected chi connectivity index (χ4v) is 1.57. The summed E-state index contributed by atoms with van der Waals surface area (Å²) in [6.45, 7) is 1.88. The van der Waals surface area contributed by atoms with Crippen LogP contribution in [0, 0.1) is 18.6 Å². The number of pyridine rings is 1. The largest absolute Gasteiger partial charge is 0.310 e. The van der Waals surface area contributed by atoms with Gasteiger partial charge in [-0.05, 0) is 30.2 Å². The Morgan fingerprint density at radius 2 is 2.05 bits per heavy atom. The van der Waals surface area contributed by atoms with E-state index >= 15 is 0 Å². The molecule has 1 aromatic carbocycles. The Bertz CT molecular complexity index is 597. The van der Waals surface area contributed by atoms with E-state index in [0.717, 1.165) is 17.7 Å². The Balaban J connectivity index is 2.03. The number of benzene rings is 1. The average molecular weight is 262 g/mol. The molecule has 3 nitrogen and oxygen atoms in total. The van der Waals surface area contributed by atoms with Crippen molar-refractivity contribution in [2.45, 2.75) is 13.3 Å². The molecule has 0 radical (unpaired) electrons. The average Bonchev–Trinajstić information content (AvgIpc) is 2.36. The number of amides is 1. The molecule has 19 heavy (non-hydrogen) atoms. The van der Waals surface area contributed by atoms with E-state index < -0.39 is 17.5 Å². The number of carbonyl (C=O) groups is 1. The fourth-order valence-electron chi connectivity index (χ4n) is 1.57. The molecule has 0 aliphatic carbocycles. The van der Waals surface area contributed by atoms with Gasteiger partial charge in [-0.1, -0.05) is 12.1 Å². The van der Waals surface area contributed by atoms with E-state index in [1.807, 2.05) is 6.92 Å². The summed E-state index contributed by atoms with van der Waals surface area (Å²) in [6.07, 6.45) is 1.45. The molecule has 1 N–H and O–H groups in total. The Labute approximate surface area is 109 Å². The maximum Gasteiger partial charge on any atom is 0.230 e. The van der Waals surface area contributed by atoms with E-state index in [0.29, 0.717) is 5.82 Å². The van der Waals surface area contributed by atoms with Gasteiger partial charge < -0.3 is 5.32 Å². The van der Waals surface area contributed by atoms with Crippen LogP contribution in [0.15, 0.2) is 36.5 Å². The van der Waals surface area contributed by atoms with Crippen LogP contribution in [-0.4, -0.2) is 10.9 Å². The van der Waals surface area contributed by atoms with Crippen LogP contribution in [0.5, 0.6) is 0 Å². The molecule has 0 spiro atoms. The van der Waals surface area contributed by atoms with Gasteiger partial charge >= 0.3 is 0 Å². The number of nitrogens with zero attached hydrogens (tertiary/aromatic N) is 1. The Morgan fingerprint density at radius 1 is 1.26 bits per heavy atom. The van der Waals surface area contributed by atoms with Crippen LogP contribution in [0.3, 0.4) is 0 Å². The molecule has 0 atom stereocenters. The van der Waals surface area contributed by atoms with Gasteiger partial charge in [0.1, 0.15) is 17.5 Å². The normalized spacial score (nSPS) is 10.3. The lowest BCUT2D eigenvalue weighted by atomic mass is 10.1. The number of halogens is 2. The third-order valence-electron chi connectivity index (χ3n) is 2.54. The first-order valence-electron chi connectivity index (χ1n) is 5.71. The second kappa shape index (κ2) is 5.56. The summed E-state index contributed by atoms with van der Waals surface area (Å²) in [7, 11) is 0. The number of rotatable bonds is 3. The molecule has 0 fully saturated rings. The second-order valence-electron chi connectivity index (χ2n) is 4.18. The molecule has 0 aliphatic heterocycles. The van der Waals surface area contributed by atoms with Gasteiger partial charge in [-0.3, -0.25) is 4.79 Å². The van der Waals surface area contributed by atoms with Gasteiger partial charge in [-0.25, -0.2) is 13.8 Å². The molecule has 5 heteroatoms. The molecule has 2 aromatic rings. The number of anilines is 1. The number of hydrogen-bond donors (Lipinski definition) is 1.